The molecule has 1 saturated carbocycles. The van der Waals surface area contributed by atoms with E-state index >= 15 is 0 Å². The van der Waals surface area contributed by atoms with Crippen molar-refractivity contribution in [3.05, 3.63) is 39.6 Å². The smallest absolute Gasteiger partial charge is 0.321 e. The molecule has 4 rings (SSSR count). The van der Waals surface area contributed by atoms with Crippen molar-refractivity contribution >= 4 is 44.1 Å². The Labute approximate surface area is 177 Å². The van der Waals surface area contributed by atoms with Crippen LogP contribution in [-0.2, 0) is 23.0 Å². The lowest BCUT2D eigenvalue weighted by Gasteiger charge is -2.25. The number of benzene rings is 1. The predicted molar refractivity (Wildman–Crippen MR) is 109 cm³/mol. The summed E-state index contributed by atoms with van der Waals surface area (Å²) in [5.74, 6) is -0.666. The summed E-state index contributed by atoms with van der Waals surface area (Å²) in [4.78, 5) is 17.3. The Morgan fingerprint density at radius 3 is 2.79 bits per heavy atom. The number of halogens is 2. The molecular formula is C18H20ClFN4O3S2. The van der Waals surface area contributed by atoms with Gasteiger partial charge in [-0.3, -0.25) is 5.32 Å². The van der Waals surface area contributed by atoms with E-state index < -0.39 is 15.8 Å². The number of fused-ring (bicyclic) bond motifs is 1. The quantitative estimate of drug-likeness (QED) is 0.730. The zero-order valence-electron chi connectivity index (χ0n) is 15.5. The number of hydrogen-bond acceptors (Lipinski definition) is 5. The average molecular weight is 459 g/mol. The first-order valence-electron chi connectivity index (χ1n) is 9.34. The van der Waals surface area contributed by atoms with E-state index in [2.05, 4.69) is 15.6 Å². The molecule has 7 nitrogen and oxygen atoms in total. The maximum absolute atomic E-state index is 13.4. The van der Waals surface area contributed by atoms with Crippen LogP contribution in [0.15, 0.2) is 23.1 Å². The van der Waals surface area contributed by atoms with Crippen molar-refractivity contribution in [2.45, 2.75) is 49.6 Å². The molecule has 1 aromatic heterocycles. The number of aromatic nitrogens is 1. The molecule has 0 bridgehead atoms. The third-order valence-electron chi connectivity index (χ3n) is 5.14. The molecule has 1 aromatic carbocycles. The topological polar surface area (TPSA) is 91.4 Å². The number of nitrogens with one attached hydrogen (secondary N) is 2. The molecule has 1 fully saturated rings. The summed E-state index contributed by atoms with van der Waals surface area (Å²) in [5, 5.41) is 5.91. The van der Waals surface area contributed by atoms with Crippen molar-refractivity contribution in [2.24, 2.45) is 0 Å². The van der Waals surface area contributed by atoms with Crippen molar-refractivity contribution < 1.29 is 17.6 Å². The van der Waals surface area contributed by atoms with Gasteiger partial charge >= 0.3 is 6.03 Å². The molecule has 0 spiro atoms. The zero-order valence-corrected chi connectivity index (χ0v) is 17.8. The maximum atomic E-state index is 13.4. The van der Waals surface area contributed by atoms with Gasteiger partial charge in [0.25, 0.3) is 0 Å². The van der Waals surface area contributed by atoms with Gasteiger partial charge in [-0.05, 0) is 31.0 Å². The maximum Gasteiger partial charge on any atom is 0.321 e. The number of nitrogens with zero attached hydrogens (tertiary/aromatic N) is 2. The highest BCUT2D eigenvalue weighted by Crippen LogP contribution is 2.32. The van der Waals surface area contributed by atoms with Crippen LogP contribution >= 0.6 is 22.9 Å². The number of carbonyl (C=O) groups is 1. The lowest BCUT2D eigenvalue weighted by molar-refractivity contribution is 0.248. The molecule has 156 valence electrons. The molecule has 2 amide bonds. The minimum atomic E-state index is -3.81. The first-order chi connectivity index (χ1) is 13.8. The molecule has 2 heterocycles. The summed E-state index contributed by atoms with van der Waals surface area (Å²) in [6, 6.07) is 3.29. The minimum Gasteiger partial charge on any atom is -0.335 e. The molecular weight excluding hydrogens is 439 g/mol. The molecule has 2 aliphatic rings. The minimum absolute atomic E-state index is 0.0499. The normalized spacial score (nSPS) is 17.9. The molecule has 0 atom stereocenters. The first-order valence-corrected chi connectivity index (χ1v) is 12.0. The highest BCUT2D eigenvalue weighted by molar-refractivity contribution is 7.89. The van der Waals surface area contributed by atoms with Gasteiger partial charge < -0.3 is 5.32 Å². The van der Waals surface area contributed by atoms with Crippen molar-refractivity contribution in [3.8, 4) is 0 Å². The van der Waals surface area contributed by atoms with Gasteiger partial charge in [-0.25, -0.2) is 22.6 Å². The number of carbonyl (C=O) groups excluding carboxylic acids is 1. The average Bonchev–Trinajstić information content (AvgIpc) is 3.32. The Balaban J connectivity index is 1.45. The Morgan fingerprint density at radius 1 is 1.31 bits per heavy atom. The van der Waals surface area contributed by atoms with Crippen LogP contribution in [0.1, 0.15) is 36.3 Å². The second-order valence-electron chi connectivity index (χ2n) is 7.13. The summed E-state index contributed by atoms with van der Waals surface area (Å²) in [6.45, 7) is 0.401. The molecule has 1 aliphatic heterocycles. The summed E-state index contributed by atoms with van der Waals surface area (Å²) < 4.78 is 40.5. The number of amides is 2. The van der Waals surface area contributed by atoms with Gasteiger partial charge in [0.1, 0.15) is 5.82 Å². The van der Waals surface area contributed by atoms with Crippen LogP contribution in [-0.4, -0.2) is 36.3 Å². The van der Waals surface area contributed by atoms with Crippen molar-refractivity contribution in [2.75, 3.05) is 11.9 Å². The van der Waals surface area contributed by atoms with Crippen LogP contribution in [0.25, 0.3) is 0 Å². The van der Waals surface area contributed by atoms with E-state index in [-0.39, 0.29) is 35.1 Å². The van der Waals surface area contributed by atoms with Crippen LogP contribution < -0.4 is 10.6 Å². The van der Waals surface area contributed by atoms with Gasteiger partial charge in [0, 0.05) is 23.9 Å². The first kappa shape index (κ1) is 20.5. The third kappa shape index (κ3) is 4.40. The van der Waals surface area contributed by atoms with Crippen LogP contribution in [0.3, 0.4) is 0 Å². The number of urea groups is 1. The van der Waals surface area contributed by atoms with E-state index in [9.17, 15) is 17.6 Å². The molecule has 2 N–H and O–H groups in total. The Hall–Kier alpha value is -1.75. The van der Waals surface area contributed by atoms with E-state index in [4.69, 9.17) is 11.6 Å². The van der Waals surface area contributed by atoms with Crippen molar-refractivity contribution in [1.82, 2.24) is 14.6 Å². The van der Waals surface area contributed by atoms with Gasteiger partial charge in [-0.2, -0.15) is 4.31 Å². The fraction of sp³-hybridized carbons (Fsp3) is 0.444. The number of anilines is 1. The molecule has 1 aliphatic carbocycles. The highest BCUT2D eigenvalue weighted by Gasteiger charge is 2.31. The van der Waals surface area contributed by atoms with Crippen molar-refractivity contribution in [3.63, 3.8) is 0 Å². The molecule has 0 radical (unpaired) electrons. The fourth-order valence-electron chi connectivity index (χ4n) is 3.61. The largest absolute Gasteiger partial charge is 0.335 e. The van der Waals surface area contributed by atoms with Crippen LogP contribution in [0.2, 0.25) is 5.02 Å². The number of hydrogen-bond donors (Lipinski definition) is 2. The Morgan fingerprint density at radius 2 is 2.07 bits per heavy atom. The van der Waals surface area contributed by atoms with Gasteiger partial charge in [0.15, 0.2) is 5.13 Å². The van der Waals surface area contributed by atoms with E-state index in [0.717, 1.165) is 48.4 Å². The lowest BCUT2D eigenvalue weighted by Crippen LogP contribution is -2.36. The summed E-state index contributed by atoms with van der Waals surface area (Å²) in [6.07, 6.45) is 4.66. The summed E-state index contributed by atoms with van der Waals surface area (Å²) in [5.41, 5.74) is 0.787. The van der Waals surface area contributed by atoms with Crippen LogP contribution in [0.4, 0.5) is 14.3 Å². The third-order valence-corrected chi connectivity index (χ3v) is 8.26. The Kier molecular flexibility index (Phi) is 5.78. The van der Waals surface area contributed by atoms with Crippen LogP contribution in [0.5, 0.6) is 0 Å². The number of rotatable bonds is 4. The van der Waals surface area contributed by atoms with Crippen molar-refractivity contribution in [1.29, 1.82) is 0 Å². The SMILES string of the molecule is O=C(Nc1nc2c(s1)CN(S(=O)(=O)c1ccc(F)c(Cl)c1)CC2)NC1CCCC1. The summed E-state index contributed by atoms with van der Waals surface area (Å²) >= 11 is 7.01. The second-order valence-corrected chi connectivity index (χ2v) is 10.6. The monoisotopic (exact) mass is 458 g/mol. The molecule has 0 unspecified atom stereocenters. The summed E-state index contributed by atoms with van der Waals surface area (Å²) in [7, 11) is -3.81. The lowest BCUT2D eigenvalue weighted by atomic mass is 10.2. The molecule has 11 heteroatoms. The van der Waals surface area contributed by atoms with E-state index in [1.165, 1.54) is 21.7 Å². The van der Waals surface area contributed by atoms with E-state index in [0.29, 0.717) is 11.6 Å². The van der Waals surface area contributed by atoms with Gasteiger partial charge in [-0.1, -0.05) is 35.8 Å². The standard InChI is InChI=1S/C18H20ClFN4O3S2/c19-13-9-12(5-6-14(13)20)29(26,27)24-8-7-15-16(10-24)28-18(22-15)23-17(25)21-11-3-1-2-4-11/h5-6,9,11H,1-4,7-8,10H2,(H2,21,22,23,25). The molecule has 0 saturated heterocycles. The number of sulfonamides is 1. The fourth-order valence-corrected chi connectivity index (χ4v) is 6.39. The van der Waals surface area contributed by atoms with Gasteiger partial charge in [0.05, 0.1) is 22.2 Å². The van der Waals surface area contributed by atoms with Gasteiger partial charge in [-0.15, -0.1) is 0 Å². The highest BCUT2D eigenvalue weighted by atomic mass is 35.5. The van der Waals surface area contributed by atoms with E-state index in [1.807, 2.05) is 0 Å². The predicted octanol–water partition coefficient (Wildman–Crippen LogP) is 3.75. The molecule has 29 heavy (non-hydrogen) atoms. The van der Waals surface area contributed by atoms with E-state index in [1.54, 1.807) is 0 Å². The van der Waals surface area contributed by atoms with Gasteiger partial charge in [0.2, 0.25) is 10.0 Å². The Bertz CT molecular complexity index is 1040. The molecule has 2 aromatic rings. The zero-order chi connectivity index (χ0) is 20.6. The second kappa shape index (κ2) is 8.17. The number of thiazole rings is 1. The van der Waals surface area contributed by atoms with Crippen LogP contribution in [0, 0.1) is 5.82 Å².